The van der Waals surface area contributed by atoms with Gasteiger partial charge in [-0.25, -0.2) is 4.57 Å². The number of hydrogen-bond acceptors (Lipinski definition) is 7. The van der Waals surface area contributed by atoms with E-state index in [2.05, 4.69) is 91.3 Å². The lowest BCUT2D eigenvalue weighted by Gasteiger charge is -2.19. The molecule has 0 aromatic rings. The average molecular weight is 763 g/mol. The second kappa shape index (κ2) is 39.2. The molecule has 0 fully saturated rings. The Morgan fingerprint density at radius 3 is 1.47 bits per heavy atom. The van der Waals surface area contributed by atoms with Crippen LogP contribution in [0.3, 0.4) is 0 Å². The van der Waals surface area contributed by atoms with E-state index in [4.69, 9.17) is 14.0 Å². The third kappa shape index (κ3) is 39.0. The Labute approximate surface area is 323 Å². The molecule has 53 heavy (non-hydrogen) atoms. The Morgan fingerprint density at radius 2 is 0.962 bits per heavy atom. The highest BCUT2D eigenvalue weighted by Gasteiger charge is 2.24. The van der Waals surface area contributed by atoms with Crippen LogP contribution < -0.4 is 0 Å². The maximum Gasteiger partial charge on any atom is 0.472 e. The van der Waals surface area contributed by atoms with E-state index in [9.17, 15) is 19.0 Å². The molecule has 0 bridgehead atoms. The minimum atomic E-state index is -4.28. The second-order valence-corrected chi connectivity index (χ2v) is 14.9. The zero-order chi connectivity index (χ0) is 38.9. The van der Waals surface area contributed by atoms with Crippen molar-refractivity contribution in [2.24, 2.45) is 0 Å². The first kappa shape index (κ1) is 50.5. The molecule has 0 saturated carbocycles. The third-order valence-corrected chi connectivity index (χ3v) is 9.37. The van der Waals surface area contributed by atoms with E-state index >= 15 is 0 Å². The van der Waals surface area contributed by atoms with E-state index in [1.807, 2.05) is 0 Å². The number of unbranched alkanes of at least 4 members (excludes halogenated alkanes) is 14. The van der Waals surface area contributed by atoms with Gasteiger partial charge in [-0.2, -0.15) is 0 Å². The first-order valence-corrected chi connectivity index (χ1v) is 22.1. The smallest absolute Gasteiger partial charge is 0.462 e. The lowest BCUT2D eigenvalue weighted by molar-refractivity contribution is -0.161. The normalized spacial score (nSPS) is 14.1. The molecular formula is C44H75O8P. The van der Waals surface area contributed by atoms with E-state index in [-0.39, 0.29) is 19.4 Å². The van der Waals surface area contributed by atoms with E-state index < -0.39 is 32.5 Å². The number of carbonyl (C=O) groups excluding carboxylic acids is 2. The molecule has 2 unspecified atom stereocenters. The van der Waals surface area contributed by atoms with Gasteiger partial charge in [-0.3, -0.25) is 18.6 Å². The summed E-state index contributed by atoms with van der Waals surface area (Å²) in [5, 5.41) is 0. The third-order valence-electron chi connectivity index (χ3n) is 8.43. The number of esters is 2. The molecule has 0 aromatic heterocycles. The molecule has 9 heteroatoms. The van der Waals surface area contributed by atoms with Crippen LogP contribution in [0.2, 0.25) is 0 Å². The Bertz CT molecular complexity index is 1090. The number of ether oxygens (including phenoxy) is 2. The Balaban J connectivity index is 4.12. The Morgan fingerprint density at radius 1 is 0.547 bits per heavy atom. The van der Waals surface area contributed by atoms with Crippen LogP contribution in [0.15, 0.2) is 72.9 Å². The van der Waals surface area contributed by atoms with Crippen LogP contribution >= 0.6 is 7.82 Å². The zero-order valence-corrected chi connectivity index (χ0v) is 34.5. The van der Waals surface area contributed by atoms with Gasteiger partial charge in [-0.05, 0) is 83.5 Å². The number of phosphoric acid groups is 1. The highest BCUT2D eigenvalue weighted by atomic mass is 31.2. The lowest BCUT2D eigenvalue weighted by atomic mass is 10.1. The molecule has 0 rings (SSSR count). The molecule has 2 atom stereocenters. The summed E-state index contributed by atoms with van der Waals surface area (Å²) in [6, 6.07) is 0. The summed E-state index contributed by atoms with van der Waals surface area (Å²) in [4.78, 5) is 34.4. The number of allylic oxidation sites excluding steroid dienone is 12. The molecule has 304 valence electrons. The molecule has 0 aliphatic carbocycles. The van der Waals surface area contributed by atoms with Crippen LogP contribution in [0.5, 0.6) is 0 Å². The predicted molar refractivity (Wildman–Crippen MR) is 221 cm³/mol. The second-order valence-electron chi connectivity index (χ2n) is 13.4. The summed E-state index contributed by atoms with van der Waals surface area (Å²) in [6.07, 6.45) is 49.5. The fraction of sp³-hybridized carbons (Fsp3) is 0.682. The molecule has 0 radical (unpaired) electrons. The van der Waals surface area contributed by atoms with Crippen molar-refractivity contribution in [2.45, 2.75) is 174 Å². The molecule has 0 amide bonds. The number of carbonyl (C=O) groups is 2. The molecule has 8 nitrogen and oxygen atoms in total. The highest BCUT2D eigenvalue weighted by Crippen LogP contribution is 2.42. The monoisotopic (exact) mass is 763 g/mol. The van der Waals surface area contributed by atoms with Crippen molar-refractivity contribution in [3.05, 3.63) is 72.9 Å². The average Bonchev–Trinajstić information content (AvgIpc) is 3.15. The van der Waals surface area contributed by atoms with E-state index in [0.29, 0.717) is 6.42 Å². The summed E-state index contributed by atoms with van der Waals surface area (Å²) in [6.45, 7) is 3.72. The van der Waals surface area contributed by atoms with Gasteiger partial charge in [0.2, 0.25) is 0 Å². The summed E-state index contributed by atoms with van der Waals surface area (Å²) in [5.74, 6) is -0.857. The SMILES string of the molecule is CC/C=C\C/C=C\C/C=C\C/C=C\C/C=C\CCCCCC(=O)OC(COC(=O)CCCCCCC/C=C\CCCCCCCC)COP(=O)(O)OC. The standard InChI is InChI=1S/C44H75O8P/c1-4-6-8-10-12-14-16-18-20-21-22-23-25-27-29-31-33-35-37-39-44(46)52-42(41-51-53(47,48)49-3)40-50-43(45)38-36-34-32-30-28-26-24-19-17-15-13-11-9-7-5-2/h6,8,12,14,18-20,22-24,27,29,42H,4-5,7,9-11,13,15-17,21,25-26,28,30-41H2,1-3H3,(H,47,48)/b8-6-,14-12-,20-18-,23-22-,24-19-,29-27-. The van der Waals surface area contributed by atoms with Crippen molar-refractivity contribution in [3.63, 3.8) is 0 Å². The molecule has 0 aromatic carbocycles. The number of hydrogen-bond donors (Lipinski definition) is 1. The minimum absolute atomic E-state index is 0.200. The fourth-order valence-corrected chi connectivity index (χ4v) is 5.73. The van der Waals surface area contributed by atoms with Crippen molar-refractivity contribution in [2.75, 3.05) is 20.3 Å². The predicted octanol–water partition coefficient (Wildman–Crippen LogP) is 12.9. The van der Waals surface area contributed by atoms with Crippen molar-refractivity contribution >= 4 is 19.8 Å². The summed E-state index contributed by atoms with van der Waals surface area (Å²) < 4.78 is 31.9. The maximum atomic E-state index is 12.5. The van der Waals surface area contributed by atoms with Crippen LogP contribution in [0.25, 0.3) is 0 Å². The fourth-order valence-electron chi connectivity index (χ4n) is 5.27. The Hall–Kier alpha value is -2.51. The van der Waals surface area contributed by atoms with E-state index in [1.54, 1.807) is 0 Å². The van der Waals surface area contributed by atoms with Gasteiger partial charge in [0.15, 0.2) is 6.10 Å². The van der Waals surface area contributed by atoms with Gasteiger partial charge in [0, 0.05) is 20.0 Å². The van der Waals surface area contributed by atoms with Gasteiger partial charge in [0.05, 0.1) is 6.61 Å². The molecule has 1 N–H and O–H groups in total. The van der Waals surface area contributed by atoms with Crippen LogP contribution in [-0.4, -0.2) is 43.3 Å². The van der Waals surface area contributed by atoms with E-state index in [0.717, 1.165) is 97.0 Å². The molecule has 0 saturated heterocycles. The number of phosphoric ester groups is 1. The van der Waals surface area contributed by atoms with Crippen LogP contribution in [-0.2, 0) is 32.7 Å². The topological polar surface area (TPSA) is 108 Å². The quantitative estimate of drug-likeness (QED) is 0.0288. The maximum absolute atomic E-state index is 12.5. The van der Waals surface area contributed by atoms with Gasteiger partial charge in [-0.15, -0.1) is 0 Å². The van der Waals surface area contributed by atoms with Crippen LogP contribution in [0.4, 0.5) is 0 Å². The van der Waals surface area contributed by atoms with Crippen molar-refractivity contribution < 1.29 is 37.6 Å². The van der Waals surface area contributed by atoms with Gasteiger partial charge < -0.3 is 14.4 Å². The summed E-state index contributed by atoms with van der Waals surface area (Å²) in [5.41, 5.74) is 0. The van der Waals surface area contributed by atoms with Gasteiger partial charge in [-0.1, -0.05) is 145 Å². The van der Waals surface area contributed by atoms with Gasteiger partial charge in [0.25, 0.3) is 0 Å². The summed E-state index contributed by atoms with van der Waals surface area (Å²) in [7, 11) is -3.22. The minimum Gasteiger partial charge on any atom is -0.462 e. The Kier molecular flexibility index (Phi) is 37.3. The number of rotatable bonds is 37. The molecule has 0 aliphatic rings. The van der Waals surface area contributed by atoms with Gasteiger partial charge >= 0.3 is 19.8 Å². The first-order chi connectivity index (χ1) is 25.8. The van der Waals surface area contributed by atoms with E-state index in [1.165, 1.54) is 44.9 Å². The molecule has 0 aliphatic heterocycles. The van der Waals surface area contributed by atoms with Crippen LogP contribution in [0.1, 0.15) is 168 Å². The lowest BCUT2D eigenvalue weighted by Crippen LogP contribution is -2.29. The molecule has 0 heterocycles. The first-order valence-electron chi connectivity index (χ1n) is 20.6. The van der Waals surface area contributed by atoms with Crippen molar-refractivity contribution in [1.82, 2.24) is 0 Å². The zero-order valence-electron chi connectivity index (χ0n) is 33.6. The van der Waals surface area contributed by atoms with Gasteiger partial charge in [0.1, 0.15) is 6.61 Å². The molecular weight excluding hydrogens is 687 g/mol. The molecule has 0 spiro atoms. The van der Waals surface area contributed by atoms with Crippen molar-refractivity contribution in [3.8, 4) is 0 Å². The highest BCUT2D eigenvalue weighted by molar-refractivity contribution is 7.47. The van der Waals surface area contributed by atoms with Crippen LogP contribution in [0, 0.1) is 0 Å². The largest absolute Gasteiger partial charge is 0.472 e. The summed E-state index contributed by atoms with van der Waals surface area (Å²) >= 11 is 0. The van der Waals surface area contributed by atoms with Crippen molar-refractivity contribution in [1.29, 1.82) is 0 Å².